The first-order chi connectivity index (χ1) is 12.5. The lowest BCUT2D eigenvalue weighted by Crippen LogP contribution is -2.50. The van der Waals surface area contributed by atoms with Gasteiger partial charge in [0.1, 0.15) is 0 Å². The normalized spacial score (nSPS) is 21.7. The summed E-state index contributed by atoms with van der Waals surface area (Å²) in [4.78, 5) is 14.9. The summed E-state index contributed by atoms with van der Waals surface area (Å²) in [6.45, 7) is 11.6. The van der Waals surface area contributed by atoms with Gasteiger partial charge in [0.05, 0.1) is 24.9 Å². The van der Waals surface area contributed by atoms with Gasteiger partial charge in [0.25, 0.3) is 0 Å². The number of rotatable bonds is 6. The van der Waals surface area contributed by atoms with Gasteiger partial charge in [-0.15, -0.1) is 0 Å². The van der Waals surface area contributed by atoms with E-state index in [1.54, 1.807) is 0 Å². The molecule has 6 heteroatoms. The molecular formula is C20H33N3O3. The van der Waals surface area contributed by atoms with Gasteiger partial charge in [0.15, 0.2) is 6.29 Å². The Morgan fingerprint density at radius 1 is 1.23 bits per heavy atom. The van der Waals surface area contributed by atoms with Gasteiger partial charge in [-0.1, -0.05) is 13.8 Å². The van der Waals surface area contributed by atoms with Gasteiger partial charge in [0.2, 0.25) is 5.91 Å². The number of amides is 1. The van der Waals surface area contributed by atoms with Gasteiger partial charge in [0, 0.05) is 25.2 Å². The van der Waals surface area contributed by atoms with Crippen LogP contribution in [-0.2, 0) is 27.2 Å². The van der Waals surface area contributed by atoms with Crippen LogP contribution in [0.25, 0.3) is 0 Å². The third-order valence-electron chi connectivity index (χ3n) is 5.49. The van der Waals surface area contributed by atoms with Crippen LogP contribution in [0, 0.1) is 19.8 Å². The zero-order chi connectivity index (χ0) is 18.7. The average Bonchev–Trinajstić information content (AvgIpc) is 3.22. The van der Waals surface area contributed by atoms with E-state index in [1.807, 2.05) is 11.8 Å². The number of aryl methyl sites for hydroxylation is 1. The molecule has 0 N–H and O–H groups in total. The molecule has 0 aliphatic carbocycles. The molecule has 3 heterocycles. The van der Waals surface area contributed by atoms with Crippen molar-refractivity contribution in [3.05, 3.63) is 17.0 Å². The topological polar surface area (TPSA) is 56.6 Å². The molecule has 26 heavy (non-hydrogen) atoms. The summed E-state index contributed by atoms with van der Waals surface area (Å²) >= 11 is 0. The van der Waals surface area contributed by atoms with E-state index in [9.17, 15) is 4.79 Å². The van der Waals surface area contributed by atoms with Crippen LogP contribution in [0.15, 0.2) is 0 Å². The van der Waals surface area contributed by atoms with Crippen LogP contribution in [-0.4, -0.2) is 52.7 Å². The highest BCUT2D eigenvalue weighted by Gasteiger charge is 2.36. The second-order valence-electron chi connectivity index (χ2n) is 7.99. The summed E-state index contributed by atoms with van der Waals surface area (Å²) in [5.74, 6) is 0.771. The second kappa shape index (κ2) is 8.53. The van der Waals surface area contributed by atoms with Crippen molar-refractivity contribution in [3.63, 3.8) is 0 Å². The molecule has 146 valence electrons. The van der Waals surface area contributed by atoms with Crippen molar-refractivity contribution in [2.45, 2.75) is 78.7 Å². The number of likely N-dealkylation sites (tertiary alicyclic amines) is 1. The summed E-state index contributed by atoms with van der Waals surface area (Å²) in [6.07, 6.45) is 4.22. The Balaban J connectivity index is 1.63. The predicted molar refractivity (Wildman–Crippen MR) is 99.9 cm³/mol. The van der Waals surface area contributed by atoms with Crippen molar-refractivity contribution in [1.29, 1.82) is 0 Å². The van der Waals surface area contributed by atoms with Gasteiger partial charge in [-0.3, -0.25) is 9.48 Å². The number of nitrogens with zero attached hydrogens (tertiary/aromatic N) is 3. The van der Waals surface area contributed by atoms with Gasteiger partial charge in [-0.25, -0.2) is 0 Å². The minimum atomic E-state index is -0.239. The van der Waals surface area contributed by atoms with Crippen molar-refractivity contribution < 1.29 is 14.3 Å². The molecule has 1 unspecified atom stereocenters. The Hall–Kier alpha value is -1.40. The van der Waals surface area contributed by atoms with Gasteiger partial charge >= 0.3 is 0 Å². The molecule has 0 aromatic carbocycles. The maximum Gasteiger partial charge on any atom is 0.223 e. The maximum atomic E-state index is 12.9. The van der Waals surface area contributed by atoms with Crippen LogP contribution >= 0.6 is 0 Å². The van der Waals surface area contributed by atoms with Crippen molar-refractivity contribution in [2.75, 3.05) is 19.8 Å². The Morgan fingerprint density at radius 2 is 1.96 bits per heavy atom. The van der Waals surface area contributed by atoms with E-state index in [0.29, 0.717) is 25.6 Å². The second-order valence-corrected chi connectivity index (χ2v) is 7.99. The SMILES string of the molecule is Cc1nn(CC(C)C)c(C)c1CCC(=O)N1CCCCC1C1OCCO1. The van der Waals surface area contributed by atoms with Gasteiger partial charge in [-0.2, -0.15) is 5.10 Å². The molecule has 0 spiro atoms. The van der Waals surface area contributed by atoms with E-state index in [-0.39, 0.29) is 18.2 Å². The summed E-state index contributed by atoms with van der Waals surface area (Å²) in [6, 6.07) is 0.0737. The number of aromatic nitrogens is 2. The van der Waals surface area contributed by atoms with E-state index in [4.69, 9.17) is 9.47 Å². The van der Waals surface area contributed by atoms with Gasteiger partial charge < -0.3 is 14.4 Å². The first kappa shape index (κ1) is 19.4. The lowest BCUT2D eigenvalue weighted by atomic mass is 10.00. The summed E-state index contributed by atoms with van der Waals surface area (Å²) < 4.78 is 13.5. The average molecular weight is 364 g/mol. The van der Waals surface area contributed by atoms with Crippen LogP contribution in [0.5, 0.6) is 0 Å². The minimum Gasteiger partial charge on any atom is -0.348 e. The van der Waals surface area contributed by atoms with Crippen LogP contribution in [0.1, 0.15) is 56.5 Å². The molecule has 0 saturated carbocycles. The number of hydrogen-bond donors (Lipinski definition) is 0. The standard InChI is InChI=1S/C20H33N3O3/c1-14(2)13-23-16(4)17(15(3)21-23)8-9-19(24)22-10-6-5-7-18(22)20-25-11-12-26-20/h14,18,20H,5-13H2,1-4H3. The van der Waals surface area contributed by atoms with Crippen LogP contribution in [0.4, 0.5) is 0 Å². The largest absolute Gasteiger partial charge is 0.348 e. The zero-order valence-corrected chi connectivity index (χ0v) is 16.7. The number of carbonyl (C=O) groups excluding carboxylic acids is 1. The fourth-order valence-electron chi connectivity index (χ4n) is 4.14. The first-order valence-electron chi connectivity index (χ1n) is 10.0. The Bertz CT molecular complexity index is 620. The molecule has 6 nitrogen and oxygen atoms in total. The van der Waals surface area contributed by atoms with E-state index in [0.717, 1.165) is 44.5 Å². The molecular weight excluding hydrogens is 330 g/mol. The molecule has 1 amide bonds. The number of ether oxygens (including phenoxy) is 2. The van der Waals surface area contributed by atoms with Crippen LogP contribution < -0.4 is 0 Å². The third kappa shape index (κ3) is 4.29. The summed E-state index contributed by atoms with van der Waals surface area (Å²) in [5, 5.41) is 4.67. The first-order valence-corrected chi connectivity index (χ1v) is 10.0. The van der Waals surface area contributed by atoms with Crippen molar-refractivity contribution >= 4 is 5.91 Å². The number of carbonyl (C=O) groups is 1. The molecule has 1 atom stereocenters. The van der Waals surface area contributed by atoms with Crippen molar-refractivity contribution in [2.24, 2.45) is 5.92 Å². The van der Waals surface area contributed by atoms with Crippen molar-refractivity contribution in [3.8, 4) is 0 Å². The monoisotopic (exact) mass is 363 g/mol. The molecule has 2 aliphatic heterocycles. The number of piperidine rings is 1. The maximum absolute atomic E-state index is 12.9. The lowest BCUT2D eigenvalue weighted by molar-refractivity contribution is -0.150. The fraction of sp³-hybridized carbons (Fsp3) is 0.800. The molecule has 2 saturated heterocycles. The fourth-order valence-corrected chi connectivity index (χ4v) is 4.14. The zero-order valence-electron chi connectivity index (χ0n) is 16.7. The molecule has 3 rings (SSSR count). The Labute approximate surface area is 156 Å². The molecule has 1 aromatic heterocycles. The lowest BCUT2D eigenvalue weighted by Gasteiger charge is -2.38. The Kier molecular flexibility index (Phi) is 6.35. The van der Waals surface area contributed by atoms with Crippen LogP contribution in [0.3, 0.4) is 0 Å². The molecule has 0 bridgehead atoms. The highest BCUT2D eigenvalue weighted by atomic mass is 16.7. The van der Waals surface area contributed by atoms with Gasteiger partial charge in [-0.05, 0) is 51.0 Å². The molecule has 0 radical (unpaired) electrons. The van der Waals surface area contributed by atoms with Crippen molar-refractivity contribution in [1.82, 2.24) is 14.7 Å². The van der Waals surface area contributed by atoms with E-state index < -0.39 is 0 Å². The minimum absolute atomic E-state index is 0.0737. The summed E-state index contributed by atoms with van der Waals surface area (Å²) in [5.41, 5.74) is 3.47. The highest BCUT2D eigenvalue weighted by molar-refractivity contribution is 5.77. The molecule has 2 aliphatic rings. The van der Waals surface area contributed by atoms with E-state index in [1.165, 1.54) is 11.3 Å². The van der Waals surface area contributed by atoms with E-state index in [2.05, 4.69) is 30.6 Å². The van der Waals surface area contributed by atoms with Crippen LogP contribution in [0.2, 0.25) is 0 Å². The highest BCUT2D eigenvalue weighted by Crippen LogP contribution is 2.26. The van der Waals surface area contributed by atoms with E-state index >= 15 is 0 Å². The smallest absolute Gasteiger partial charge is 0.223 e. The Morgan fingerprint density at radius 3 is 2.65 bits per heavy atom. The summed E-state index contributed by atoms with van der Waals surface area (Å²) in [7, 11) is 0. The molecule has 1 aromatic rings. The molecule has 2 fully saturated rings. The number of hydrogen-bond acceptors (Lipinski definition) is 4. The predicted octanol–water partition coefficient (Wildman–Crippen LogP) is 2.84. The third-order valence-corrected chi connectivity index (χ3v) is 5.49. The quantitative estimate of drug-likeness (QED) is 0.780.